The third-order valence-corrected chi connectivity index (χ3v) is 16.5. The molecule has 0 rings (SSSR count). The van der Waals surface area contributed by atoms with Crippen LogP contribution in [0, 0.1) is 5.92 Å². The molecule has 3 unspecified atom stereocenters. The zero-order chi connectivity index (χ0) is 59.9. The van der Waals surface area contributed by atoms with Gasteiger partial charge in [0, 0.05) is 25.7 Å². The fourth-order valence-corrected chi connectivity index (χ4v) is 10.8. The Morgan fingerprint density at radius 1 is 0.346 bits per heavy atom. The van der Waals surface area contributed by atoms with Gasteiger partial charge in [0.2, 0.25) is 0 Å². The molecule has 0 spiro atoms. The number of phosphoric ester groups is 2. The number of carbonyl (C=O) groups excluding carboxylic acids is 4. The first kappa shape index (κ1) is 79.1. The van der Waals surface area contributed by atoms with Crippen molar-refractivity contribution in [2.24, 2.45) is 5.92 Å². The Labute approximate surface area is 492 Å². The monoisotopic (exact) mass is 1200 g/mol. The zero-order valence-electron chi connectivity index (χ0n) is 51.9. The summed E-state index contributed by atoms with van der Waals surface area (Å²) in [5.41, 5.74) is 0. The summed E-state index contributed by atoms with van der Waals surface area (Å²) in [6.07, 6.45) is 39.1. The van der Waals surface area contributed by atoms with Crippen LogP contribution in [-0.2, 0) is 65.4 Å². The van der Waals surface area contributed by atoms with Crippen molar-refractivity contribution >= 4 is 39.5 Å². The van der Waals surface area contributed by atoms with Gasteiger partial charge in [0.05, 0.1) is 26.4 Å². The van der Waals surface area contributed by atoms with E-state index in [4.69, 9.17) is 37.0 Å². The number of hydrogen-bond donors (Lipinski definition) is 3. The van der Waals surface area contributed by atoms with Gasteiger partial charge in [-0.15, -0.1) is 0 Å². The average Bonchev–Trinajstić information content (AvgIpc) is 3.45. The van der Waals surface area contributed by atoms with Crippen molar-refractivity contribution < 1.29 is 80.2 Å². The van der Waals surface area contributed by atoms with Gasteiger partial charge >= 0.3 is 39.5 Å². The Morgan fingerprint density at radius 3 is 0.877 bits per heavy atom. The summed E-state index contributed by atoms with van der Waals surface area (Å²) in [5.74, 6) is -1.38. The lowest BCUT2D eigenvalue weighted by Crippen LogP contribution is -2.30. The maximum Gasteiger partial charge on any atom is 0.472 e. The maximum atomic E-state index is 12.9. The second kappa shape index (κ2) is 55.9. The Bertz CT molecular complexity index is 1590. The summed E-state index contributed by atoms with van der Waals surface area (Å²) in [5, 5.41) is 10.5. The largest absolute Gasteiger partial charge is 0.472 e. The molecule has 0 aromatic carbocycles. The quantitative estimate of drug-likeness (QED) is 0.0222. The molecule has 0 amide bonds. The summed E-state index contributed by atoms with van der Waals surface area (Å²) in [7, 11) is -9.87. The second-order valence-electron chi connectivity index (χ2n) is 22.7. The van der Waals surface area contributed by atoms with Gasteiger partial charge in [-0.05, 0) is 31.6 Å². The van der Waals surface area contributed by atoms with E-state index >= 15 is 0 Å². The summed E-state index contributed by atoms with van der Waals surface area (Å²) in [6, 6.07) is 0. The van der Waals surface area contributed by atoms with E-state index in [0.717, 1.165) is 102 Å². The highest BCUT2D eigenvalue weighted by molar-refractivity contribution is 7.47. The van der Waals surface area contributed by atoms with E-state index in [2.05, 4.69) is 34.6 Å². The van der Waals surface area contributed by atoms with Crippen LogP contribution in [0.5, 0.6) is 0 Å². The van der Waals surface area contributed by atoms with Crippen LogP contribution in [0.3, 0.4) is 0 Å². The summed E-state index contributed by atoms with van der Waals surface area (Å²) in [4.78, 5) is 71.9. The van der Waals surface area contributed by atoms with Gasteiger partial charge in [0.25, 0.3) is 0 Å². The van der Waals surface area contributed by atoms with Crippen molar-refractivity contribution in [2.45, 2.75) is 329 Å². The highest BCUT2D eigenvalue weighted by Crippen LogP contribution is 2.45. The minimum absolute atomic E-state index is 0.105. The highest BCUT2D eigenvalue weighted by atomic mass is 31.2. The molecular weight excluding hydrogens is 1080 g/mol. The van der Waals surface area contributed by atoms with Crippen LogP contribution < -0.4 is 0 Å². The lowest BCUT2D eigenvalue weighted by molar-refractivity contribution is -0.161. The number of unbranched alkanes of at least 4 members (excludes halogenated alkanes) is 33. The van der Waals surface area contributed by atoms with Gasteiger partial charge in [-0.1, -0.05) is 259 Å². The van der Waals surface area contributed by atoms with Gasteiger partial charge in [-0.3, -0.25) is 37.3 Å². The van der Waals surface area contributed by atoms with Gasteiger partial charge in [-0.25, -0.2) is 9.13 Å². The molecule has 480 valence electrons. The topological polar surface area (TPSA) is 237 Å². The lowest BCUT2D eigenvalue weighted by atomic mass is 9.99. The molecule has 0 radical (unpaired) electrons. The van der Waals surface area contributed by atoms with Gasteiger partial charge in [0.15, 0.2) is 12.2 Å². The molecule has 0 heterocycles. The van der Waals surface area contributed by atoms with Gasteiger partial charge in [-0.2, -0.15) is 0 Å². The number of phosphoric acid groups is 2. The summed E-state index contributed by atoms with van der Waals surface area (Å²) < 4.78 is 67.7. The van der Waals surface area contributed by atoms with E-state index in [1.165, 1.54) is 128 Å². The number of carbonyl (C=O) groups is 4. The van der Waals surface area contributed by atoms with Crippen molar-refractivity contribution in [2.75, 3.05) is 39.6 Å². The van der Waals surface area contributed by atoms with Crippen LogP contribution in [0.25, 0.3) is 0 Å². The highest BCUT2D eigenvalue weighted by Gasteiger charge is 2.30. The van der Waals surface area contributed by atoms with Crippen molar-refractivity contribution in [3.8, 4) is 0 Å². The van der Waals surface area contributed by atoms with Crippen LogP contribution >= 0.6 is 15.6 Å². The number of hydrogen-bond acceptors (Lipinski definition) is 15. The SMILES string of the molecule is CCCCCCCCCCCCCCC(=O)OC[C@H](COP(=O)(O)OC[C@@H](O)COP(=O)(O)OC[C@@H](COC(=O)CCCCCCC)OC(=O)CCCCCCCCCCCCCC)OC(=O)CCCCCCCCCCC(C)CC. The maximum absolute atomic E-state index is 12.9. The molecular formula is C62H120O17P2. The molecule has 0 aliphatic carbocycles. The van der Waals surface area contributed by atoms with E-state index in [1.807, 2.05) is 0 Å². The Balaban J connectivity index is 5.18. The smallest absolute Gasteiger partial charge is 0.462 e. The Hall–Kier alpha value is -1.94. The third-order valence-electron chi connectivity index (χ3n) is 14.6. The summed E-state index contributed by atoms with van der Waals surface area (Å²) in [6.45, 7) is 7.09. The van der Waals surface area contributed by atoms with Crippen LogP contribution in [-0.4, -0.2) is 96.7 Å². The van der Waals surface area contributed by atoms with E-state index in [9.17, 15) is 43.2 Å². The van der Waals surface area contributed by atoms with Crippen LogP contribution in [0.2, 0.25) is 0 Å². The van der Waals surface area contributed by atoms with E-state index in [0.29, 0.717) is 25.7 Å². The van der Waals surface area contributed by atoms with Crippen molar-refractivity contribution in [1.29, 1.82) is 0 Å². The molecule has 19 heteroatoms. The molecule has 3 N–H and O–H groups in total. The first-order chi connectivity index (χ1) is 39.1. The number of aliphatic hydroxyl groups excluding tert-OH is 1. The zero-order valence-corrected chi connectivity index (χ0v) is 53.7. The first-order valence-electron chi connectivity index (χ1n) is 32.7. The van der Waals surface area contributed by atoms with E-state index < -0.39 is 97.5 Å². The number of rotatable bonds is 62. The lowest BCUT2D eigenvalue weighted by Gasteiger charge is -2.21. The van der Waals surface area contributed by atoms with Crippen molar-refractivity contribution in [3.63, 3.8) is 0 Å². The Morgan fingerprint density at radius 2 is 0.593 bits per heavy atom. The summed E-state index contributed by atoms with van der Waals surface area (Å²) >= 11 is 0. The molecule has 81 heavy (non-hydrogen) atoms. The molecule has 0 saturated heterocycles. The molecule has 6 atom stereocenters. The minimum Gasteiger partial charge on any atom is -0.462 e. The fraction of sp³-hybridized carbons (Fsp3) is 0.935. The van der Waals surface area contributed by atoms with E-state index in [-0.39, 0.29) is 25.7 Å². The van der Waals surface area contributed by atoms with Crippen LogP contribution in [0.1, 0.15) is 311 Å². The molecule has 0 saturated carbocycles. The molecule has 0 aliphatic rings. The van der Waals surface area contributed by atoms with Gasteiger partial charge < -0.3 is 33.8 Å². The molecule has 0 aliphatic heterocycles. The number of ether oxygens (including phenoxy) is 4. The molecule has 0 bridgehead atoms. The average molecular weight is 1200 g/mol. The van der Waals surface area contributed by atoms with Crippen LogP contribution in [0.15, 0.2) is 0 Å². The standard InChI is InChI=1S/C62H120O17P2/c1-6-10-13-16-18-20-22-24-26-31-36-41-46-60(65)73-52-58(79-62(67)48-43-38-33-29-28-30-35-39-44-55(5)9-4)54-77-81(70,71)75-50-56(63)49-74-80(68,69)76-53-57(51-72-59(64)45-40-34-15-12-8-3)78-61(66)47-42-37-32-27-25-23-21-19-17-14-11-7-2/h55-58,63H,6-54H2,1-5H3,(H,68,69)(H,70,71)/t55?,56-,57+,58+/m0/s1. The predicted octanol–water partition coefficient (Wildman–Crippen LogP) is 17.0. The Kier molecular flexibility index (Phi) is 54.6. The molecule has 0 aromatic heterocycles. The van der Waals surface area contributed by atoms with Crippen molar-refractivity contribution in [3.05, 3.63) is 0 Å². The molecule has 0 aromatic rings. The fourth-order valence-electron chi connectivity index (χ4n) is 9.20. The molecule has 0 fully saturated rings. The number of aliphatic hydroxyl groups is 1. The second-order valence-corrected chi connectivity index (χ2v) is 25.6. The minimum atomic E-state index is -4.94. The van der Waals surface area contributed by atoms with Crippen LogP contribution in [0.4, 0.5) is 0 Å². The molecule has 17 nitrogen and oxygen atoms in total. The first-order valence-corrected chi connectivity index (χ1v) is 35.7. The van der Waals surface area contributed by atoms with E-state index in [1.54, 1.807) is 0 Å². The third kappa shape index (κ3) is 55.7. The van der Waals surface area contributed by atoms with Crippen molar-refractivity contribution in [1.82, 2.24) is 0 Å². The predicted molar refractivity (Wildman–Crippen MR) is 322 cm³/mol. The normalized spacial score (nSPS) is 14.6. The van der Waals surface area contributed by atoms with Gasteiger partial charge in [0.1, 0.15) is 19.3 Å². The number of esters is 4.